The number of carboxylic acid groups (broad SMARTS) is 4. The lowest BCUT2D eigenvalue weighted by atomic mass is 9.85. The number of aromatic carboxylic acids is 1. The van der Waals surface area contributed by atoms with Crippen molar-refractivity contribution in [2.75, 3.05) is 6.61 Å². The van der Waals surface area contributed by atoms with Crippen molar-refractivity contribution in [1.29, 1.82) is 0 Å². The van der Waals surface area contributed by atoms with Gasteiger partial charge in [-0.15, -0.1) is 0 Å². The Morgan fingerprint density at radius 2 is 1.62 bits per heavy atom. The van der Waals surface area contributed by atoms with Gasteiger partial charge in [-0.3, -0.25) is 14.4 Å². The molecule has 5 heterocycles. The minimum absolute atomic E-state index is 0.0253. The lowest BCUT2D eigenvalue weighted by Gasteiger charge is -2.20. The average Bonchev–Trinajstić information content (AvgIpc) is 3.75. The molecule has 2 aliphatic rings. The maximum atomic E-state index is 13.0. The number of allylic oxidation sites excluding steroid dienone is 2. The second-order valence-corrected chi connectivity index (χ2v) is 13.3. The quantitative estimate of drug-likeness (QED) is 0.0861. The smallest absolute Gasteiger partial charge is 0.338 e. The van der Waals surface area contributed by atoms with Crippen LogP contribution in [-0.2, 0) is 25.6 Å². The molecule has 3 aromatic heterocycles. The number of hydrogen-bond acceptors (Lipinski definition) is 7. The van der Waals surface area contributed by atoms with Gasteiger partial charge >= 0.3 is 23.9 Å². The van der Waals surface area contributed by atoms with Crippen LogP contribution in [-0.4, -0.2) is 71.9 Å². The third-order valence-electron chi connectivity index (χ3n) is 10.2. The molecular formula is C38H45N5O9. The Kier molecular flexibility index (Phi) is 11.1. The van der Waals surface area contributed by atoms with Crippen LogP contribution in [0.1, 0.15) is 100 Å². The van der Waals surface area contributed by atoms with Crippen molar-refractivity contribution in [3.05, 3.63) is 84.8 Å². The Balaban J connectivity index is 1.79. The van der Waals surface area contributed by atoms with Gasteiger partial charge in [-0.25, -0.2) is 4.79 Å². The number of fused-ring (bicyclic) bond motifs is 8. The number of aromatic nitrogens is 3. The number of carbonyl (C=O) groups is 4. The highest BCUT2D eigenvalue weighted by Crippen LogP contribution is 2.42. The zero-order valence-electron chi connectivity index (χ0n) is 29.8. The van der Waals surface area contributed by atoms with E-state index in [2.05, 4.69) is 39.3 Å². The Morgan fingerprint density at radius 1 is 0.923 bits per heavy atom. The van der Waals surface area contributed by atoms with Gasteiger partial charge in [0.25, 0.3) is 0 Å². The molecule has 14 nitrogen and oxygen atoms in total. The first-order chi connectivity index (χ1) is 24.7. The monoisotopic (exact) mass is 715 g/mol. The lowest BCUT2D eigenvalue weighted by molar-refractivity contribution is -0.150. The van der Waals surface area contributed by atoms with Crippen LogP contribution in [0.15, 0.2) is 18.0 Å². The number of hydroxylamine groups is 1. The molecule has 0 spiro atoms. The molecular weight excluding hydrogens is 670 g/mol. The minimum atomic E-state index is -1.52. The van der Waals surface area contributed by atoms with Crippen molar-refractivity contribution >= 4 is 53.8 Å². The van der Waals surface area contributed by atoms with E-state index in [1.807, 2.05) is 39.0 Å². The van der Waals surface area contributed by atoms with Crippen LogP contribution in [0.2, 0.25) is 0 Å². The number of rotatable bonds is 14. The van der Waals surface area contributed by atoms with Gasteiger partial charge in [0.2, 0.25) is 0 Å². The summed E-state index contributed by atoms with van der Waals surface area (Å²) in [6, 6.07) is -1.52. The van der Waals surface area contributed by atoms with Crippen LogP contribution >= 0.6 is 0 Å². The Morgan fingerprint density at radius 3 is 2.23 bits per heavy atom. The van der Waals surface area contributed by atoms with E-state index in [0.29, 0.717) is 34.6 Å². The van der Waals surface area contributed by atoms with Crippen LogP contribution in [0.5, 0.6) is 0 Å². The van der Waals surface area contributed by atoms with Gasteiger partial charge in [-0.05, 0) is 79.7 Å². The van der Waals surface area contributed by atoms with Crippen molar-refractivity contribution in [3.63, 3.8) is 0 Å². The maximum Gasteiger partial charge on any atom is 0.338 e. The highest BCUT2D eigenvalue weighted by Gasteiger charge is 2.37. The molecule has 0 amide bonds. The fourth-order valence-electron chi connectivity index (χ4n) is 7.30. The third-order valence-corrected chi connectivity index (χ3v) is 10.2. The zero-order valence-corrected chi connectivity index (χ0v) is 29.8. The topological polar surface area (TPSA) is 230 Å². The summed E-state index contributed by atoms with van der Waals surface area (Å²) < 4.78 is 0. The van der Waals surface area contributed by atoms with E-state index >= 15 is 0 Å². The standard InChI is InChI=1S/C38H45N5O9/c1-7-21-17(3)25-13-27-19(5)23(9-10-32(44)45)35(41-27)24(11-12-52-43-31(37(48)49)16-33(46)47)36-34(38(50)51)20(6)28(42-36)15-30-22(8-2)18(4)26(40-30)14-29(21)39-25/h7,13-15,19,23,31,39-43H,1,8-12,16H2,2-6H3,(H,44,45)(H,46,47)(H,48,49)(H,50,51)/t19-,23-,31?/m0/s1. The summed E-state index contributed by atoms with van der Waals surface area (Å²) in [6.45, 7) is 13.7. The van der Waals surface area contributed by atoms with Crippen molar-refractivity contribution in [2.45, 2.75) is 72.8 Å². The Labute approximate surface area is 299 Å². The number of H-pyrrole nitrogens is 3. The van der Waals surface area contributed by atoms with Crippen molar-refractivity contribution in [3.8, 4) is 0 Å². The molecule has 9 N–H and O–H groups in total. The molecule has 1 fully saturated rings. The van der Waals surface area contributed by atoms with Crippen LogP contribution in [0.4, 0.5) is 0 Å². The van der Waals surface area contributed by atoms with E-state index in [4.69, 9.17) is 9.94 Å². The summed E-state index contributed by atoms with van der Waals surface area (Å²) in [5, 5.41) is 44.2. The van der Waals surface area contributed by atoms with Gasteiger partial charge < -0.3 is 45.5 Å². The van der Waals surface area contributed by atoms with Gasteiger partial charge in [-0.1, -0.05) is 26.5 Å². The second-order valence-electron chi connectivity index (χ2n) is 13.3. The summed E-state index contributed by atoms with van der Waals surface area (Å²) >= 11 is 0. The van der Waals surface area contributed by atoms with E-state index in [-0.39, 0.29) is 43.3 Å². The van der Waals surface area contributed by atoms with Crippen LogP contribution in [0, 0.1) is 32.6 Å². The first-order valence-electron chi connectivity index (χ1n) is 17.1. The van der Waals surface area contributed by atoms with E-state index in [1.165, 1.54) is 0 Å². The van der Waals surface area contributed by atoms with Gasteiger partial charge in [0.15, 0.2) is 0 Å². The first kappa shape index (κ1) is 37.7. The van der Waals surface area contributed by atoms with E-state index in [0.717, 1.165) is 50.0 Å². The van der Waals surface area contributed by atoms with Crippen molar-refractivity contribution in [2.24, 2.45) is 11.8 Å². The van der Waals surface area contributed by atoms with Gasteiger partial charge in [0.05, 0.1) is 24.3 Å². The molecule has 52 heavy (non-hydrogen) atoms. The van der Waals surface area contributed by atoms with Crippen molar-refractivity contribution < 1.29 is 44.4 Å². The zero-order chi connectivity index (χ0) is 38.0. The highest BCUT2D eigenvalue weighted by molar-refractivity contribution is 5.97. The molecule has 0 radical (unpaired) electrons. The summed E-state index contributed by atoms with van der Waals surface area (Å²) in [6.07, 6.45) is 7.86. The van der Waals surface area contributed by atoms with E-state index in [9.17, 15) is 34.5 Å². The van der Waals surface area contributed by atoms with Crippen LogP contribution < -0.4 is 21.5 Å². The first-order valence-corrected chi connectivity index (χ1v) is 17.1. The van der Waals surface area contributed by atoms with Crippen molar-refractivity contribution in [1.82, 2.24) is 25.7 Å². The molecule has 14 heteroatoms. The molecule has 276 valence electrons. The van der Waals surface area contributed by atoms with Gasteiger partial charge in [-0.2, -0.15) is 5.48 Å². The predicted octanol–water partition coefficient (Wildman–Crippen LogP) is 3.78. The summed E-state index contributed by atoms with van der Waals surface area (Å²) in [5.41, 5.74) is 11.3. The fourth-order valence-corrected chi connectivity index (χ4v) is 7.30. The van der Waals surface area contributed by atoms with E-state index < -0.39 is 36.3 Å². The largest absolute Gasteiger partial charge is 0.481 e. The summed E-state index contributed by atoms with van der Waals surface area (Å²) in [4.78, 5) is 63.7. The molecule has 2 aliphatic heterocycles. The lowest BCUT2D eigenvalue weighted by Crippen LogP contribution is -2.38. The minimum Gasteiger partial charge on any atom is -0.481 e. The number of hydrogen-bond donors (Lipinski definition) is 9. The molecule has 3 aromatic rings. The highest BCUT2D eigenvalue weighted by atomic mass is 16.6. The van der Waals surface area contributed by atoms with E-state index in [1.54, 1.807) is 13.0 Å². The number of nitrogens with one attached hydrogen (secondary N) is 5. The number of aromatic amines is 3. The second kappa shape index (κ2) is 15.3. The Hall–Kier alpha value is -5.60. The normalized spacial score (nSPS) is 17.1. The molecule has 5 rings (SSSR count). The SMILES string of the molecule is C=Cc1c2[nH]c(c1C)C=C1NC(=C(CCONC(CC(=O)O)C(=O)O)c3[nH]c(c(C)c3C(=O)O)C=c3[nH]c(c(C)c3CC)=C2)[C@@H](CCC(=O)O)[C@@H]1C. The molecule has 0 aliphatic carbocycles. The fraction of sp³-hybridized carbons (Fsp3) is 0.368. The predicted molar refractivity (Wildman–Crippen MR) is 194 cm³/mol. The molecule has 0 aromatic carbocycles. The van der Waals surface area contributed by atoms with Crippen LogP contribution in [0.25, 0.3) is 29.9 Å². The molecule has 0 saturated carbocycles. The molecule has 1 saturated heterocycles. The Bertz CT molecular complexity index is 2150. The van der Waals surface area contributed by atoms with Crippen LogP contribution in [0.3, 0.4) is 0 Å². The third kappa shape index (κ3) is 7.39. The van der Waals surface area contributed by atoms with Gasteiger partial charge in [0.1, 0.15) is 6.04 Å². The molecule has 3 atom stereocenters. The average molecular weight is 716 g/mol. The number of aliphatic carboxylic acids is 3. The van der Waals surface area contributed by atoms with Gasteiger partial charge in [0, 0.05) is 69.4 Å². The molecule has 1 unspecified atom stereocenters. The maximum absolute atomic E-state index is 13.0. The molecule has 8 bridgehead atoms. The summed E-state index contributed by atoms with van der Waals surface area (Å²) in [7, 11) is 0. The number of carboxylic acids is 4. The summed E-state index contributed by atoms with van der Waals surface area (Å²) in [5.74, 6) is -5.48.